The van der Waals surface area contributed by atoms with Gasteiger partial charge in [0, 0.05) is 18.2 Å². The van der Waals surface area contributed by atoms with Gasteiger partial charge in [-0.2, -0.15) is 0 Å². The van der Waals surface area contributed by atoms with Crippen molar-refractivity contribution in [1.29, 1.82) is 0 Å². The summed E-state index contributed by atoms with van der Waals surface area (Å²) in [5.41, 5.74) is 5.25. The fourth-order valence-corrected chi connectivity index (χ4v) is 2.57. The largest absolute Gasteiger partial charge is 0.496 e. The minimum absolute atomic E-state index is 0.427. The Morgan fingerprint density at radius 1 is 1.05 bits per heavy atom. The molecule has 21 heavy (non-hydrogen) atoms. The average Bonchev–Trinajstić information content (AvgIpc) is 2.48. The maximum atomic E-state index is 5.43. The number of benzene rings is 2. The van der Waals surface area contributed by atoms with Gasteiger partial charge in [0.15, 0.2) is 0 Å². The van der Waals surface area contributed by atoms with Crippen LogP contribution in [0.15, 0.2) is 42.5 Å². The van der Waals surface area contributed by atoms with Gasteiger partial charge in [-0.05, 0) is 44.4 Å². The first-order chi connectivity index (χ1) is 10.1. The van der Waals surface area contributed by atoms with E-state index in [0.717, 1.165) is 18.7 Å². The first-order valence-electron chi connectivity index (χ1n) is 7.51. The van der Waals surface area contributed by atoms with Crippen LogP contribution in [-0.2, 0) is 13.0 Å². The number of aryl methyl sites for hydroxylation is 2. The third-order valence-electron chi connectivity index (χ3n) is 3.86. The molecule has 0 heterocycles. The molecule has 0 bridgehead atoms. The summed E-state index contributed by atoms with van der Waals surface area (Å²) in [5, 5.41) is 3.60. The Bertz CT molecular complexity index is 592. The van der Waals surface area contributed by atoms with E-state index in [4.69, 9.17) is 4.74 Å². The monoisotopic (exact) mass is 283 g/mol. The maximum Gasteiger partial charge on any atom is 0.123 e. The van der Waals surface area contributed by atoms with Gasteiger partial charge >= 0.3 is 0 Å². The van der Waals surface area contributed by atoms with Crippen LogP contribution in [0.5, 0.6) is 5.75 Å². The van der Waals surface area contributed by atoms with Crippen molar-refractivity contribution in [3.8, 4) is 5.75 Å². The summed E-state index contributed by atoms with van der Waals surface area (Å²) in [6.45, 7) is 7.35. The van der Waals surface area contributed by atoms with Crippen LogP contribution in [0, 0.1) is 13.8 Å². The van der Waals surface area contributed by atoms with Crippen LogP contribution in [0.1, 0.15) is 29.2 Å². The topological polar surface area (TPSA) is 21.3 Å². The Balaban J connectivity index is 1.97. The summed E-state index contributed by atoms with van der Waals surface area (Å²) < 4.78 is 5.43. The molecule has 0 amide bonds. The first-order valence-corrected chi connectivity index (χ1v) is 7.51. The van der Waals surface area contributed by atoms with Crippen LogP contribution in [0.3, 0.4) is 0 Å². The number of rotatable bonds is 6. The molecular weight excluding hydrogens is 258 g/mol. The number of methoxy groups -OCH3 is 1. The summed E-state index contributed by atoms with van der Waals surface area (Å²) in [6.07, 6.45) is 1.04. The van der Waals surface area contributed by atoms with Gasteiger partial charge in [0.05, 0.1) is 7.11 Å². The highest BCUT2D eigenvalue weighted by Crippen LogP contribution is 2.19. The highest BCUT2D eigenvalue weighted by atomic mass is 16.5. The lowest BCUT2D eigenvalue weighted by Gasteiger charge is -2.17. The molecule has 0 radical (unpaired) electrons. The summed E-state index contributed by atoms with van der Waals surface area (Å²) >= 11 is 0. The zero-order valence-corrected chi connectivity index (χ0v) is 13.4. The first kappa shape index (κ1) is 15.6. The molecule has 0 spiro atoms. The second-order valence-electron chi connectivity index (χ2n) is 5.73. The predicted octanol–water partition coefficient (Wildman–Crippen LogP) is 4.03. The van der Waals surface area contributed by atoms with Crippen molar-refractivity contribution in [2.45, 2.75) is 39.8 Å². The zero-order valence-electron chi connectivity index (χ0n) is 13.4. The molecule has 112 valence electrons. The number of hydrogen-bond donors (Lipinski definition) is 1. The van der Waals surface area contributed by atoms with E-state index in [0.29, 0.717) is 6.04 Å². The van der Waals surface area contributed by atoms with Gasteiger partial charge in [-0.15, -0.1) is 0 Å². The van der Waals surface area contributed by atoms with E-state index in [1.165, 1.54) is 22.3 Å². The van der Waals surface area contributed by atoms with Gasteiger partial charge in [0.1, 0.15) is 5.75 Å². The zero-order chi connectivity index (χ0) is 15.2. The number of nitrogens with one attached hydrogen (secondary N) is 1. The van der Waals surface area contributed by atoms with Gasteiger partial charge in [0.25, 0.3) is 0 Å². The van der Waals surface area contributed by atoms with E-state index >= 15 is 0 Å². The highest BCUT2D eigenvalue weighted by molar-refractivity contribution is 5.36. The molecule has 1 unspecified atom stereocenters. The molecule has 0 fully saturated rings. The minimum Gasteiger partial charge on any atom is -0.496 e. The van der Waals surface area contributed by atoms with Crippen LogP contribution in [0.2, 0.25) is 0 Å². The van der Waals surface area contributed by atoms with Gasteiger partial charge in [-0.25, -0.2) is 0 Å². The predicted molar refractivity (Wildman–Crippen MR) is 88.9 cm³/mol. The van der Waals surface area contributed by atoms with Gasteiger partial charge in [-0.3, -0.25) is 0 Å². The normalized spacial score (nSPS) is 12.2. The quantitative estimate of drug-likeness (QED) is 0.864. The summed E-state index contributed by atoms with van der Waals surface area (Å²) in [6, 6.07) is 15.3. The van der Waals surface area contributed by atoms with Gasteiger partial charge in [0.2, 0.25) is 0 Å². The molecule has 0 aliphatic carbocycles. The van der Waals surface area contributed by atoms with Crippen molar-refractivity contribution in [3.05, 3.63) is 64.7 Å². The molecule has 2 heteroatoms. The van der Waals surface area contributed by atoms with Crippen LogP contribution in [0.4, 0.5) is 0 Å². The number of ether oxygens (including phenoxy) is 1. The Morgan fingerprint density at radius 2 is 1.81 bits per heavy atom. The lowest BCUT2D eigenvalue weighted by atomic mass is 10.0. The van der Waals surface area contributed by atoms with Crippen molar-refractivity contribution in [2.75, 3.05) is 7.11 Å². The van der Waals surface area contributed by atoms with Crippen molar-refractivity contribution >= 4 is 0 Å². The van der Waals surface area contributed by atoms with Crippen molar-refractivity contribution in [2.24, 2.45) is 0 Å². The third-order valence-corrected chi connectivity index (χ3v) is 3.86. The molecule has 1 N–H and O–H groups in total. The standard InChI is InChI=1S/C19H25NO/c1-14-9-10-19(21-4)18(11-14)13-20-16(3)12-17-8-6-5-7-15(17)2/h5-11,16,20H,12-13H2,1-4H3. The van der Waals surface area contributed by atoms with Gasteiger partial charge < -0.3 is 10.1 Å². The van der Waals surface area contributed by atoms with Crippen molar-refractivity contribution in [3.63, 3.8) is 0 Å². The lowest BCUT2D eigenvalue weighted by molar-refractivity contribution is 0.405. The fraction of sp³-hybridized carbons (Fsp3) is 0.368. The molecule has 0 aliphatic rings. The summed E-state index contributed by atoms with van der Waals surface area (Å²) in [7, 11) is 1.73. The van der Waals surface area contributed by atoms with Crippen molar-refractivity contribution < 1.29 is 4.74 Å². The van der Waals surface area contributed by atoms with E-state index in [9.17, 15) is 0 Å². The summed E-state index contributed by atoms with van der Waals surface area (Å²) in [4.78, 5) is 0. The van der Waals surface area contributed by atoms with Crippen LogP contribution < -0.4 is 10.1 Å². The molecule has 2 aromatic carbocycles. The molecule has 2 nitrogen and oxygen atoms in total. The molecular formula is C19H25NO. The lowest BCUT2D eigenvalue weighted by Crippen LogP contribution is -2.28. The summed E-state index contributed by atoms with van der Waals surface area (Å²) in [5.74, 6) is 0.955. The van der Waals surface area contributed by atoms with Gasteiger partial charge in [-0.1, -0.05) is 42.0 Å². The van der Waals surface area contributed by atoms with Crippen LogP contribution in [0.25, 0.3) is 0 Å². The molecule has 2 rings (SSSR count). The smallest absolute Gasteiger partial charge is 0.123 e. The Kier molecular flexibility index (Phi) is 5.40. The molecule has 0 saturated carbocycles. The van der Waals surface area contributed by atoms with E-state index < -0.39 is 0 Å². The van der Waals surface area contributed by atoms with E-state index in [1.807, 2.05) is 6.07 Å². The second kappa shape index (κ2) is 7.28. The maximum absolute atomic E-state index is 5.43. The SMILES string of the molecule is COc1ccc(C)cc1CNC(C)Cc1ccccc1C. The minimum atomic E-state index is 0.427. The van der Waals surface area contributed by atoms with E-state index in [2.05, 4.69) is 62.5 Å². The average molecular weight is 283 g/mol. The van der Waals surface area contributed by atoms with E-state index in [-0.39, 0.29) is 0 Å². The number of hydrogen-bond acceptors (Lipinski definition) is 2. The molecule has 2 aromatic rings. The Morgan fingerprint density at radius 3 is 2.52 bits per heavy atom. The second-order valence-corrected chi connectivity index (χ2v) is 5.73. The molecule has 0 aromatic heterocycles. The molecule has 0 saturated heterocycles. The van der Waals surface area contributed by atoms with Crippen LogP contribution in [-0.4, -0.2) is 13.2 Å². The Labute approximate surface area is 128 Å². The van der Waals surface area contributed by atoms with Crippen LogP contribution >= 0.6 is 0 Å². The highest BCUT2D eigenvalue weighted by Gasteiger charge is 2.08. The van der Waals surface area contributed by atoms with E-state index in [1.54, 1.807) is 7.11 Å². The third kappa shape index (κ3) is 4.33. The van der Waals surface area contributed by atoms with Crippen molar-refractivity contribution in [1.82, 2.24) is 5.32 Å². The molecule has 0 aliphatic heterocycles. The fourth-order valence-electron chi connectivity index (χ4n) is 2.57. The molecule has 1 atom stereocenters. The Hall–Kier alpha value is -1.80.